The van der Waals surface area contributed by atoms with Crippen LogP contribution in [-0.4, -0.2) is 53.9 Å². The molecule has 0 aromatic carbocycles. The number of rotatable bonds is 4. The van der Waals surface area contributed by atoms with Crippen molar-refractivity contribution in [1.29, 1.82) is 0 Å². The van der Waals surface area contributed by atoms with Crippen LogP contribution in [0.4, 0.5) is 5.82 Å². The van der Waals surface area contributed by atoms with Crippen molar-refractivity contribution < 1.29 is 0 Å². The molecule has 0 amide bonds. The van der Waals surface area contributed by atoms with E-state index < -0.39 is 0 Å². The van der Waals surface area contributed by atoms with Gasteiger partial charge in [-0.15, -0.1) is 17.5 Å². The Labute approximate surface area is 133 Å². The highest BCUT2D eigenvalue weighted by molar-refractivity contribution is 5.85. The number of hydrogen-bond acceptors (Lipinski definition) is 5. The third kappa shape index (κ3) is 4.53. The van der Waals surface area contributed by atoms with Crippen molar-refractivity contribution in [1.82, 2.24) is 20.4 Å². The number of likely N-dealkylation sites (tertiary alicyclic amines) is 1. The van der Waals surface area contributed by atoms with Gasteiger partial charge < -0.3 is 15.5 Å². The standard InChI is InChI=1S/C15H25N5.ClH/c1-15(6-8-16-11-15)12-20-9-4-13(5-10-20)18-14-3-2-7-17-19-14;/h2-3,7,13,16H,4-6,8-12H2,1H3,(H,18,19);1H. The van der Waals surface area contributed by atoms with Gasteiger partial charge in [-0.3, -0.25) is 0 Å². The molecule has 2 fully saturated rings. The molecule has 1 aromatic rings. The third-order valence-corrected chi connectivity index (χ3v) is 4.57. The molecular weight excluding hydrogens is 286 g/mol. The molecule has 3 rings (SSSR count). The normalized spacial score (nSPS) is 27.3. The number of nitrogens with one attached hydrogen (secondary N) is 2. The highest BCUT2D eigenvalue weighted by Gasteiger charge is 2.32. The van der Waals surface area contributed by atoms with E-state index >= 15 is 0 Å². The largest absolute Gasteiger partial charge is 0.366 e. The second kappa shape index (κ2) is 7.38. The molecule has 6 heteroatoms. The molecule has 5 nitrogen and oxygen atoms in total. The number of aromatic nitrogens is 2. The molecule has 2 saturated heterocycles. The topological polar surface area (TPSA) is 53.1 Å². The second-order valence-electron chi connectivity index (χ2n) is 6.54. The molecule has 21 heavy (non-hydrogen) atoms. The van der Waals surface area contributed by atoms with Crippen LogP contribution in [0.5, 0.6) is 0 Å². The van der Waals surface area contributed by atoms with Gasteiger partial charge in [-0.2, -0.15) is 5.10 Å². The summed E-state index contributed by atoms with van der Waals surface area (Å²) >= 11 is 0. The van der Waals surface area contributed by atoms with Crippen molar-refractivity contribution in [2.24, 2.45) is 5.41 Å². The summed E-state index contributed by atoms with van der Waals surface area (Å²) in [5.41, 5.74) is 0.477. The van der Waals surface area contributed by atoms with Crippen LogP contribution >= 0.6 is 12.4 Å². The van der Waals surface area contributed by atoms with E-state index in [9.17, 15) is 0 Å². The van der Waals surface area contributed by atoms with Crippen LogP contribution in [0.3, 0.4) is 0 Å². The fraction of sp³-hybridized carbons (Fsp3) is 0.733. The average molecular weight is 312 g/mol. The molecule has 0 saturated carbocycles. The van der Waals surface area contributed by atoms with Gasteiger partial charge in [-0.05, 0) is 43.4 Å². The Morgan fingerprint density at radius 2 is 2.24 bits per heavy atom. The fourth-order valence-electron chi connectivity index (χ4n) is 3.37. The third-order valence-electron chi connectivity index (χ3n) is 4.57. The summed E-state index contributed by atoms with van der Waals surface area (Å²) in [5.74, 6) is 0.901. The number of anilines is 1. The summed E-state index contributed by atoms with van der Waals surface area (Å²) in [6, 6.07) is 4.46. The van der Waals surface area contributed by atoms with Crippen LogP contribution in [0.2, 0.25) is 0 Å². The minimum atomic E-state index is 0. The van der Waals surface area contributed by atoms with Crippen molar-refractivity contribution in [3.8, 4) is 0 Å². The van der Waals surface area contributed by atoms with Crippen LogP contribution in [0.15, 0.2) is 18.3 Å². The van der Waals surface area contributed by atoms with E-state index in [0.717, 1.165) is 5.82 Å². The Morgan fingerprint density at radius 3 is 2.86 bits per heavy atom. The van der Waals surface area contributed by atoms with Gasteiger partial charge in [0.05, 0.1) is 0 Å². The van der Waals surface area contributed by atoms with E-state index in [1.807, 2.05) is 12.1 Å². The van der Waals surface area contributed by atoms with Gasteiger partial charge in [-0.25, -0.2) is 0 Å². The van der Waals surface area contributed by atoms with Crippen molar-refractivity contribution in [2.45, 2.75) is 32.2 Å². The predicted molar refractivity (Wildman–Crippen MR) is 88.0 cm³/mol. The highest BCUT2D eigenvalue weighted by atomic mass is 35.5. The van der Waals surface area contributed by atoms with Gasteiger partial charge in [0.1, 0.15) is 5.82 Å². The van der Waals surface area contributed by atoms with Gasteiger partial charge in [-0.1, -0.05) is 6.92 Å². The van der Waals surface area contributed by atoms with E-state index in [0.29, 0.717) is 11.5 Å². The van der Waals surface area contributed by atoms with Gasteiger partial charge in [0, 0.05) is 38.4 Å². The molecule has 0 aliphatic carbocycles. The molecule has 3 heterocycles. The number of halogens is 1. The summed E-state index contributed by atoms with van der Waals surface area (Å²) in [6.45, 7) is 8.38. The van der Waals surface area contributed by atoms with Gasteiger partial charge >= 0.3 is 0 Å². The second-order valence-corrected chi connectivity index (χ2v) is 6.54. The summed E-state index contributed by atoms with van der Waals surface area (Å²) in [5, 5.41) is 15.0. The summed E-state index contributed by atoms with van der Waals surface area (Å²) < 4.78 is 0. The summed E-state index contributed by atoms with van der Waals surface area (Å²) in [4.78, 5) is 2.63. The smallest absolute Gasteiger partial charge is 0.148 e. The lowest BCUT2D eigenvalue weighted by Gasteiger charge is -2.37. The first-order valence-corrected chi connectivity index (χ1v) is 7.71. The Balaban J connectivity index is 0.00000161. The summed E-state index contributed by atoms with van der Waals surface area (Å²) in [7, 11) is 0. The Hall–Kier alpha value is -0.910. The van der Waals surface area contributed by atoms with E-state index in [1.54, 1.807) is 6.20 Å². The van der Waals surface area contributed by atoms with E-state index in [4.69, 9.17) is 0 Å². The monoisotopic (exact) mass is 311 g/mol. The zero-order valence-corrected chi connectivity index (χ0v) is 13.5. The maximum atomic E-state index is 4.10. The lowest BCUT2D eigenvalue weighted by atomic mass is 9.88. The quantitative estimate of drug-likeness (QED) is 0.887. The molecule has 118 valence electrons. The molecule has 2 N–H and O–H groups in total. The van der Waals surface area contributed by atoms with Crippen molar-refractivity contribution >= 4 is 18.2 Å². The van der Waals surface area contributed by atoms with Gasteiger partial charge in [0.25, 0.3) is 0 Å². The number of piperidine rings is 1. The zero-order valence-electron chi connectivity index (χ0n) is 12.7. The van der Waals surface area contributed by atoms with Crippen molar-refractivity contribution in [3.05, 3.63) is 18.3 Å². The molecule has 0 radical (unpaired) electrons. The van der Waals surface area contributed by atoms with Crippen LogP contribution in [0, 0.1) is 5.41 Å². The number of hydrogen-bond donors (Lipinski definition) is 2. The lowest BCUT2D eigenvalue weighted by molar-refractivity contribution is 0.148. The summed E-state index contributed by atoms with van der Waals surface area (Å²) in [6.07, 6.45) is 5.41. The molecule has 0 bridgehead atoms. The Kier molecular flexibility index (Phi) is 5.79. The van der Waals surface area contributed by atoms with Crippen molar-refractivity contribution in [2.75, 3.05) is 38.0 Å². The molecule has 1 aromatic heterocycles. The molecule has 1 unspecified atom stereocenters. The van der Waals surface area contributed by atoms with Crippen molar-refractivity contribution in [3.63, 3.8) is 0 Å². The lowest BCUT2D eigenvalue weighted by Crippen LogP contribution is -2.44. The van der Waals surface area contributed by atoms with Crippen LogP contribution in [0.1, 0.15) is 26.2 Å². The van der Waals surface area contributed by atoms with Crippen LogP contribution in [0.25, 0.3) is 0 Å². The van der Waals surface area contributed by atoms with E-state index in [1.165, 1.54) is 52.0 Å². The van der Waals surface area contributed by atoms with E-state index in [2.05, 4.69) is 32.7 Å². The molecule has 2 aliphatic rings. The van der Waals surface area contributed by atoms with Gasteiger partial charge in [0.2, 0.25) is 0 Å². The SMILES string of the molecule is CC1(CN2CCC(Nc3cccnn3)CC2)CCNC1.Cl. The fourth-order valence-corrected chi connectivity index (χ4v) is 3.37. The van der Waals surface area contributed by atoms with Crippen LogP contribution < -0.4 is 10.6 Å². The molecule has 1 atom stereocenters. The first-order chi connectivity index (χ1) is 9.73. The van der Waals surface area contributed by atoms with E-state index in [-0.39, 0.29) is 12.4 Å². The number of nitrogens with zero attached hydrogens (tertiary/aromatic N) is 3. The first-order valence-electron chi connectivity index (χ1n) is 7.71. The van der Waals surface area contributed by atoms with Gasteiger partial charge in [0.15, 0.2) is 0 Å². The Morgan fingerprint density at radius 1 is 1.43 bits per heavy atom. The predicted octanol–water partition coefficient (Wildman–Crippen LogP) is 1.77. The molecular formula is C15H26ClN5. The highest BCUT2D eigenvalue weighted by Crippen LogP contribution is 2.27. The molecule has 2 aliphatic heterocycles. The minimum absolute atomic E-state index is 0. The van der Waals surface area contributed by atoms with Crippen LogP contribution in [-0.2, 0) is 0 Å². The maximum absolute atomic E-state index is 4.10. The average Bonchev–Trinajstić information content (AvgIpc) is 2.89. The Bertz CT molecular complexity index is 413. The first kappa shape index (κ1) is 16.5. The molecule has 0 spiro atoms. The minimum Gasteiger partial charge on any atom is -0.366 e. The maximum Gasteiger partial charge on any atom is 0.148 e. The zero-order chi connectivity index (χ0) is 13.8.